The molecule has 1 aliphatic heterocycles. The molecule has 1 aromatic heterocycles. The van der Waals surface area contributed by atoms with Gasteiger partial charge >= 0.3 is 0 Å². The van der Waals surface area contributed by atoms with Gasteiger partial charge in [0.2, 0.25) is 11.8 Å². The van der Waals surface area contributed by atoms with Crippen molar-refractivity contribution in [1.29, 1.82) is 0 Å². The Kier molecular flexibility index (Phi) is 4.68. The normalized spacial score (nSPS) is 19.0. The number of aryl methyl sites for hydroxylation is 1. The van der Waals surface area contributed by atoms with Crippen molar-refractivity contribution in [3.8, 4) is 11.5 Å². The van der Waals surface area contributed by atoms with Crippen LogP contribution < -0.4 is 5.73 Å². The predicted molar refractivity (Wildman–Crippen MR) is 88.9 cm³/mol. The second kappa shape index (κ2) is 6.72. The average Bonchev–Trinajstić information content (AvgIpc) is 2.89. The Labute approximate surface area is 140 Å². The van der Waals surface area contributed by atoms with E-state index in [1.807, 2.05) is 31.2 Å². The molecule has 0 spiro atoms. The number of amides is 1. The molecular formula is C17H20ClN3O2. The van der Waals surface area contributed by atoms with Gasteiger partial charge in [-0.1, -0.05) is 23.7 Å². The van der Waals surface area contributed by atoms with Gasteiger partial charge in [0.05, 0.1) is 22.2 Å². The monoisotopic (exact) mass is 333 g/mol. The number of aromatic nitrogens is 1. The lowest BCUT2D eigenvalue weighted by Crippen LogP contribution is -2.40. The summed E-state index contributed by atoms with van der Waals surface area (Å²) in [4.78, 5) is 18.2. The average molecular weight is 334 g/mol. The number of halogens is 1. The molecule has 0 radical (unpaired) electrons. The molecule has 1 aliphatic rings. The molecule has 2 aromatic rings. The van der Waals surface area contributed by atoms with Crippen LogP contribution in [0.4, 0.5) is 0 Å². The summed E-state index contributed by atoms with van der Waals surface area (Å²) in [5, 5.41) is 0.618. The molecule has 3 rings (SSSR count). The Morgan fingerprint density at radius 1 is 1.48 bits per heavy atom. The molecule has 5 nitrogen and oxygen atoms in total. The van der Waals surface area contributed by atoms with Gasteiger partial charge in [0.1, 0.15) is 5.76 Å². The summed E-state index contributed by atoms with van der Waals surface area (Å²) in [6.07, 6.45) is 1.84. The molecule has 0 bridgehead atoms. The molecule has 122 valence electrons. The van der Waals surface area contributed by atoms with Crippen molar-refractivity contribution in [3.05, 3.63) is 40.7 Å². The molecule has 2 N–H and O–H groups in total. The van der Waals surface area contributed by atoms with E-state index in [0.29, 0.717) is 24.0 Å². The zero-order valence-electron chi connectivity index (χ0n) is 13.1. The summed E-state index contributed by atoms with van der Waals surface area (Å²) >= 11 is 6.20. The van der Waals surface area contributed by atoms with E-state index in [2.05, 4.69) is 9.88 Å². The molecule has 2 heterocycles. The number of nitrogens with zero attached hydrogens (tertiary/aromatic N) is 2. The third kappa shape index (κ3) is 3.57. The van der Waals surface area contributed by atoms with Crippen LogP contribution in [0.15, 0.2) is 28.7 Å². The molecule has 0 saturated carbocycles. The number of hydrogen-bond donors (Lipinski definition) is 1. The van der Waals surface area contributed by atoms with E-state index in [4.69, 9.17) is 21.8 Å². The zero-order chi connectivity index (χ0) is 16.4. The highest BCUT2D eigenvalue weighted by Crippen LogP contribution is 2.29. The number of carbonyl (C=O) groups excluding carboxylic acids is 1. The van der Waals surface area contributed by atoms with Gasteiger partial charge in [-0.3, -0.25) is 9.69 Å². The van der Waals surface area contributed by atoms with Crippen molar-refractivity contribution >= 4 is 17.5 Å². The predicted octanol–water partition coefficient (Wildman–Crippen LogP) is 3.00. The molecule has 1 atom stereocenters. The van der Waals surface area contributed by atoms with Crippen LogP contribution in [0.5, 0.6) is 0 Å². The maximum atomic E-state index is 11.4. The number of nitrogens with two attached hydrogens (primary N) is 1. The van der Waals surface area contributed by atoms with Crippen LogP contribution >= 0.6 is 11.6 Å². The molecule has 1 aromatic carbocycles. The van der Waals surface area contributed by atoms with Gasteiger partial charge in [-0.25, -0.2) is 4.98 Å². The van der Waals surface area contributed by atoms with E-state index in [1.165, 1.54) is 0 Å². The van der Waals surface area contributed by atoms with Gasteiger partial charge < -0.3 is 10.2 Å². The summed E-state index contributed by atoms with van der Waals surface area (Å²) in [7, 11) is 0. The molecule has 0 unspecified atom stereocenters. The molecule has 23 heavy (non-hydrogen) atoms. The minimum absolute atomic E-state index is 0.0704. The van der Waals surface area contributed by atoms with E-state index in [0.717, 1.165) is 36.4 Å². The third-order valence-electron chi connectivity index (χ3n) is 4.28. The van der Waals surface area contributed by atoms with E-state index < -0.39 is 0 Å². The number of primary amides is 1. The Morgan fingerprint density at radius 2 is 2.26 bits per heavy atom. The Bertz CT molecular complexity index is 714. The maximum Gasteiger partial charge on any atom is 0.228 e. The molecule has 1 saturated heterocycles. The van der Waals surface area contributed by atoms with Crippen LogP contribution in [0, 0.1) is 12.8 Å². The lowest BCUT2D eigenvalue weighted by atomic mass is 9.97. The lowest BCUT2D eigenvalue weighted by molar-refractivity contribution is -0.123. The Balaban J connectivity index is 1.77. The van der Waals surface area contributed by atoms with Gasteiger partial charge in [0.15, 0.2) is 0 Å². The lowest BCUT2D eigenvalue weighted by Gasteiger charge is -2.30. The topological polar surface area (TPSA) is 72.4 Å². The smallest absolute Gasteiger partial charge is 0.228 e. The van der Waals surface area contributed by atoms with E-state index in [-0.39, 0.29) is 11.8 Å². The summed E-state index contributed by atoms with van der Waals surface area (Å²) in [5.74, 6) is 1.02. The third-order valence-corrected chi connectivity index (χ3v) is 4.61. The van der Waals surface area contributed by atoms with Crippen LogP contribution in [-0.4, -0.2) is 28.9 Å². The first-order valence-corrected chi connectivity index (χ1v) is 8.15. The van der Waals surface area contributed by atoms with Gasteiger partial charge in [-0.15, -0.1) is 0 Å². The van der Waals surface area contributed by atoms with Crippen LogP contribution in [-0.2, 0) is 11.3 Å². The van der Waals surface area contributed by atoms with E-state index >= 15 is 0 Å². The first kappa shape index (κ1) is 16.0. The highest BCUT2D eigenvalue weighted by molar-refractivity contribution is 6.33. The van der Waals surface area contributed by atoms with Gasteiger partial charge in [-0.2, -0.15) is 0 Å². The zero-order valence-corrected chi connectivity index (χ0v) is 13.8. The van der Waals surface area contributed by atoms with Gasteiger partial charge in [0.25, 0.3) is 0 Å². The first-order valence-electron chi connectivity index (χ1n) is 7.77. The number of benzene rings is 1. The van der Waals surface area contributed by atoms with Crippen LogP contribution in [0.1, 0.15) is 24.3 Å². The van der Waals surface area contributed by atoms with Crippen molar-refractivity contribution in [2.24, 2.45) is 11.7 Å². The summed E-state index contributed by atoms with van der Waals surface area (Å²) in [6.45, 7) is 4.18. The largest absolute Gasteiger partial charge is 0.441 e. The number of hydrogen-bond acceptors (Lipinski definition) is 4. The summed E-state index contributed by atoms with van der Waals surface area (Å²) < 4.78 is 5.78. The number of rotatable bonds is 4. The minimum atomic E-state index is -0.219. The van der Waals surface area contributed by atoms with Crippen molar-refractivity contribution in [1.82, 2.24) is 9.88 Å². The van der Waals surface area contributed by atoms with Gasteiger partial charge in [0, 0.05) is 13.1 Å². The molecule has 1 amide bonds. The van der Waals surface area contributed by atoms with Crippen molar-refractivity contribution in [2.45, 2.75) is 26.3 Å². The highest BCUT2D eigenvalue weighted by atomic mass is 35.5. The van der Waals surface area contributed by atoms with Crippen LogP contribution in [0.2, 0.25) is 5.02 Å². The minimum Gasteiger partial charge on any atom is -0.441 e. The molecule has 0 aliphatic carbocycles. The van der Waals surface area contributed by atoms with Crippen molar-refractivity contribution < 1.29 is 9.21 Å². The molecule has 6 heteroatoms. The highest BCUT2D eigenvalue weighted by Gasteiger charge is 2.25. The molecule has 1 fully saturated rings. The van der Waals surface area contributed by atoms with Crippen LogP contribution in [0.3, 0.4) is 0 Å². The fourth-order valence-corrected chi connectivity index (χ4v) is 3.18. The summed E-state index contributed by atoms with van der Waals surface area (Å²) in [6, 6.07) is 7.49. The van der Waals surface area contributed by atoms with Gasteiger partial charge in [-0.05, 0) is 38.4 Å². The van der Waals surface area contributed by atoms with E-state index in [1.54, 1.807) is 0 Å². The number of carbonyl (C=O) groups is 1. The quantitative estimate of drug-likeness (QED) is 0.933. The number of oxazole rings is 1. The van der Waals surface area contributed by atoms with Crippen molar-refractivity contribution in [2.75, 3.05) is 13.1 Å². The first-order chi connectivity index (χ1) is 11.0. The summed E-state index contributed by atoms with van der Waals surface area (Å²) in [5.41, 5.74) is 7.10. The Morgan fingerprint density at radius 3 is 3.00 bits per heavy atom. The fraction of sp³-hybridized carbons (Fsp3) is 0.412. The van der Waals surface area contributed by atoms with Crippen LogP contribution in [0.25, 0.3) is 11.5 Å². The number of likely N-dealkylation sites (tertiary alicyclic amines) is 1. The molecular weight excluding hydrogens is 314 g/mol. The van der Waals surface area contributed by atoms with E-state index in [9.17, 15) is 4.79 Å². The fourth-order valence-electron chi connectivity index (χ4n) is 2.97. The number of piperidine rings is 1. The maximum absolute atomic E-state index is 11.4. The SMILES string of the molecule is Cc1oc(-c2ccccc2Cl)nc1CN1CCC[C@@H](C(N)=O)C1. The second-order valence-electron chi connectivity index (χ2n) is 5.98. The second-order valence-corrected chi connectivity index (χ2v) is 6.39. The van der Waals surface area contributed by atoms with Crippen molar-refractivity contribution in [3.63, 3.8) is 0 Å². The Hall–Kier alpha value is -1.85. The standard InChI is InChI=1S/C17H20ClN3O2/c1-11-15(10-21-8-4-5-12(9-21)16(19)22)20-17(23-11)13-6-2-3-7-14(13)18/h2-3,6-7,12H,4-5,8-10H2,1H3,(H2,19,22)/t12-/m1/s1.